The molecule has 0 unspecified atom stereocenters. The van der Waals surface area contributed by atoms with Crippen LogP contribution in [-0.4, -0.2) is 27.0 Å². The number of carbonyl (C=O) groups excluding carboxylic acids is 1. The van der Waals surface area contributed by atoms with Gasteiger partial charge in [-0.25, -0.2) is 4.39 Å². The molecule has 1 aromatic rings. The van der Waals surface area contributed by atoms with E-state index in [1.165, 1.54) is 18.6 Å². The number of rotatable bonds is 2. The molecular weight excluding hydrogens is 331 g/mol. The van der Waals surface area contributed by atoms with Crippen molar-refractivity contribution in [2.24, 2.45) is 5.41 Å². The zero-order chi connectivity index (χ0) is 16.7. The third-order valence-electron chi connectivity index (χ3n) is 4.64. The molecule has 124 valence electrons. The lowest BCUT2D eigenvalue weighted by Crippen LogP contribution is -2.38. The van der Waals surface area contributed by atoms with Gasteiger partial charge in [0.15, 0.2) is 11.6 Å². The number of carbonyl (C=O) groups is 1. The molecule has 1 fully saturated rings. The maximum absolute atomic E-state index is 13.4. The first-order chi connectivity index (χ1) is 10.9. The highest BCUT2D eigenvalue weighted by atomic mass is 32.2. The predicted octanol–water partition coefficient (Wildman–Crippen LogP) is 4.87. The average Bonchev–Trinajstić information content (AvgIpc) is 2.49. The fraction of sp³-hybridized carbons (Fsp3) is 0.500. The molecular formula is C18H21FO2S2. The number of aldehydes is 1. The van der Waals surface area contributed by atoms with Crippen LogP contribution in [0.5, 0.6) is 5.75 Å². The molecule has 1 saturated heterocycles. The Morgan fingerprint density at radius 3 is 2.57 bits per heavy atom. The van der Waals surface area contributed by atoms with E-state index in [0.717, 1.165) is 47.3 Å². The van der Waals surface area contributed by atoms with Crippen molar-refractivity contribution in [3.8, 4) is 5.75 Å². The number of hydrogen-bond donors (Lipinski definition) is 1. The predicted molar refractivity (Wildman–Crippen MR) is 96.3 cm³/mol. The van der Waals surface area contributed by atoms with Gasteiger partial charge in [-0.3, -0.25) is 4.79 Å². The van der Waals surface area contributed by atoms with E-state index < -0.39 is 5.82 Å². The number of halogens is 1. The molecule has 0 radical (unpaired) electrons. The molecule has 2 nitrogen and oxygen atoms in total. The van der Waals surface area contributed by atoms with E-state index in [1.807, 2.05) is 23.5 Å². The Balaban J connectivity index is 2.10. The molecule has 0 atom stereocenters. The zero-order valence-corrected chi connectivity index (χ0v) is 15.0. The Kier molecular flexibility index (Phi) is 4.53. The van der Waals surface area contributed by atoms with Crippen molar-refractivity contribution in [2.45, 2.75) is 37.2 Å². The van der Waals surface area contributed by atoms with Gasteiger partial charge in [-0.05, 0) is 59.5 Å². The van der Waals surface area contributed by atoms with Crippen molar-refractivity contribution in [3.63, 3.8) is 0 Å². The van der Waals surface area contributed by atoms with E-state index in [9.17, 15) is 14.3 Å². The third kappa shape index (κ3) is 3.18. The summed E-state index contributed by atoms with van der Waals surface area (Å²) in [4.78, 5) is 11.8. The number of aromatic hydroxyl groups is 1. The van der Waals surface area contributed by atoms with Crippen LogP contribution in [-0.2, 0) is 4.79 Å². The van der Waals surface area contributed by atoms with Crippen LogP contribution in [0.25, 0.3) is 5.57 Å². The highest BCUT2D eigenvalue weighted by Gasteiger charge is 2.46. The van der Waals surface area contributed by atoms with Gasteiger partial charge in [0.05, 0.1) is 4.08 Å². The van der Waals surface area contributed by atoms with Gasteiger partial charge < -0.3 is 5.11 Å². The Bertz CT molecular complexity index is 661. The van der Waals surface area contributed by atoms with Crippen molar-refractivity contribution >= 4 is 35.4 Å². The maximum atomic E-state index is 13.4. The first kappa shape index (κ1) is 16.9. The largest absolute Gasteiger partial charge is 0.505 e. The molecule has 5 heteroatoms. The van der Waals surface area contributed by atoms with Gasteiger partial charge in [-0.15, -0.1) is 23.5 Å². The Labute approximate surface area is 144 Å². The fourth-order valence-corrected chi connectivity index (χ4v) is 7.37. The second-order valence-electron chi connectivity index (χ2n) is 6.87. The van der Waals surface area contributed by atoms with Crippen LogP contribution < -0.4 is 0 Å². The second kappa shape index (κ2) is 6.17. The van der Waals surface area contributed by atoms with Crippen LogP contribution in [0.4, 0.5) is 4.39 Å². The van der Waals surface area contributed by atoms with Crippen LogP contribution in [0.15, 0.2) is 23.8 Å². The van der Waals surface area contributed by atoms with Crippen molar-refractivity contribution in [2.75, 3.05) is 11.5 Å². The summed E-state index contributed by atoms with van der Waals surface area (Å²) in [7, 11) is 0. The van der Waals surface area contributed by atoms with Crippen molar-refractivity contribution in [1.82, 2.24) is 0 Å². The number of allylic oxidation sites excluding steroid dienone is 2. The molecule has 23 heavy (non-hydrogen) atoms. The van der Waals surface area contributed by atoms with Gasteiger partial charge >= 0.3 is 0 Å². The first-order valence-electron chi connectivity index (χ1n) is 7.82. The molecule has 1 heterocycles. The van der Waals surface area contributed by atoms with Gasteiger partial charge in [-0.2, -0.15) is 0 Å². The molecule has 3 rings (SSSR count). The minimum atomic E-state index is -0.631. The molecule has 1 N–H and O–H groups in total. The molecule has 0 amide bonds. The normalized spacial score (nSPS) is 23.1. The van der Waals surface area contributed by atoms with Gasteiger partial charge in [0.2, 0.25) is 0 Å². The third-order valence-corrected chi connectivity index (χ3v) is 7.97. The summed E-state index contributed by atoms with van der Waals surface area (Å²) in [5.41, 5.74) is 2.26. The SMILES string of the molecule is CC1(C)CC2(CC(c3ccc(F)c(O)c3)=C1C=O)SCCCS2. The highest BCUT2D eigenvalue weighted by Crippen LogP contribution is 2.59. The van der Waals surface area contributed by atoms with Gasteiger partial charge in [-0.1, -0.05) is 19.9 Å². The number of benzene rings is 1. The lowest BCUT2D eigenvalue weighted by atomic mass is 9.71. The Hall–Kier alpha value is -0.940. The van der Waals surface area contributed by atoms with Crippen molar-refractivity contribution in [3.05, 3.63) is 35.2 Å². The van der Waals surface area contributed by atoms with Gasteiger partial charge in [0, 0.05) is 5.57 Å². The van der Waals surface area contributed by atoms with Crippen LogP contribution >= 0.6 is 23.5 Å². The van der Waals surface area contributed by atoms with E-state index in [4.69, 9.17) is 0 Å². The van der Waals surface area contributed by atoms with Crippen LogP contribution in [0.3, 0.4) is 0 Å². The zero-order valence-electron chi connectivity index (χ0n) is 13.4. The molecule has 0 aromatic heterocycles. The summed E-state index contributed by atoms with van der Waals surface area (Å²) < 4.78 is 13.5. The molecule has 0 bridgehead atoms. The molecule has 1 aliphatic carbocycles. The number of thioether (sulfide) groups is 2. The van der Waals surface area contributed by atoms with E-state index in [1.54, 1.807) is 6.07 Å². The van der Waals surface area contributed by atoms with Crippen molar-refractivity contribution in [1.29, 1.82) is 0 Å². The lowest BCUT2D eigenvalue weighted by molar-refractivity contribution is -0.105. The summed E-state index contributed by atoms with van der Waals surface area (Å²) in [6, 6.07) is 4.39. The summed E-state index contributed by atoms with van der Waals surface area (Å²) in [5.74, 6) is 1.29. The van der Waals surface area contributed by atoms with E-state index >= 15 is 0 Å². The van der Waals surface area contributed by atoms with E-state index in [-0.39, 0.29) is 15.2 Å². The van der Waals surface area contributed by atoms with Gasteiger partial charge in [0.25, 0.3) is 0 Å². The van der Waals surface area contributed by atoms with Crippen molar-refractivity contribution < 1.29 is 14.3 Å². The highest BCUT2D eigenvalue weighted by molar-refractivity contribution is 8.18. The minimum Gasteiger partial charge on any atom is -0.505 e. The minimum absolute atomic E-state index is 0.0770. The van der Waals surface area contributed by atoms with E-state index in [2.05, 4.69) is 13.8 Å². The average molecular weight is 352 g/mol. The topological polar surface area (TPSA) is 37.3 Å². The molecule has 1 aromatic carbocycles. The Morgan fingerprint density at radius 1 is 1.26 bits per heavy atom. The molecule has 2 aliphatic rings. The lowest BCUT2D eigenvalue weighted by Gasteiger charge is -2.47. The smallest absolute Gasteiger partial charge is 0.164 e. The molecule has 0 saturated carbocycles. The van der Waals surface area contributed by atoms with Crippen LogP contribution in [0, 0.1) is 11.2 Å². The maximum Gasteiger partial charge on any atom is 0.164 e. The summed E-state index contributed by atoms with van der Waals surface area (Å²) >= 11 is 3.97. The fourth-order valence-electron chi connectivity index (χ4n) is 3.61. The van der Waals surface area contributed by atoms with E-state index in [0.29, 0.717) is 0 Å². The quantitative estimate of drug-likeness (QED) is 0.771. The molecule has 1 spiro atoms. The summed E-state index contributed by atoms with van der Waals surface area (Å²) in [5, 5.41) is 9.73. The first-order valence-corrected chi connectivity index (χ1v) is 9.80. The van der Waals surface area contributed by atoms with Crippen LogP contribution in [0.2, 0.25) is 0 Å². The Morgan fingerprint density at radius 2 is 1.96 bits per heavy atom. The monoisotopic (exact) mass is 352 g/mol. The number of phenols is 1. The summed E-state index contributed by atoms with van der Waals surface area (Å²) in [6.07, 6.45) is 3.90. The summed E-state index contributed by atoms with van der Waals surface area (Å²) in [6.45, 7) is 4.22. The second-order valence-corrected chi connectivity index (χ2v) is 10.1. The number of hydrogen-bond acceptors (Lipinski definition) is 4. The molecule has 1 aliphatic heterocycles. The number of phenolic OH excluding ortho intramolecular Hbond substituents is 1. The van der Waals surface area contributed by atoms with Gasteiger partial charge in [0.1, 0.15) is 6.29 Å². The standard InChI is InChI=1S/C18H21FO2S2/c1-17(2)11-18(22-6-3-7-23-18)9-13(14(17)10-20)12-4-5-15(19)16(21)8-12/h4-5,8,10,21H,3,6-7,9,11H2,1-2H3. The van der Waals surface area contributed by atoms with Crippen LogP contribution in [0.1, 0.15) is 38.7 Å².